The summed E-state index contributed by atoms with van der Waals surface area (Å²) >= 11 is -1.02. The average Bonchev–Trinajstić information content (AvgIpc) is 3.27. The summed E-state index contributed by atoms with van der Waals surface area (Å²) in [6.07, 6.45) is 2.58. The fraction of sp³-hybridized carbons (Fsp3) is 0.400. The van der Waals surface area contributed by atoms with Gasteiger partial charge in [-0.25, -0.2) is 0 Å². The molecule has 1 aromatic heterocycles. The molecule has 6 heteroatoms. The molecule has 1 aromatic carbocycles. The van der Waals surface area contributed by atoms with Crippen molar-refractivity contribution in [2.45, 2.75) is 43.5 Å². The summed E-state index contributed by atoms with van der Waals surface area (Å²) < 4.78 is 18.9. The topological polar surface area (TPSA) is 71.4 Å². The first-order valence-electron chi connectivity index (χ1n) is 8.87. The maximum absolute atomic E-state index is 12.9. The minimum atomic E-state index is -1.02. The van der Waals surface area contributed by atoms with Crippen molar-refractivity contribution in [3.8, 4) is 0 Å². The van der Waals surface area contributed by atoms with Crippen LogP contribution in [-0.4, -0.2) is 33.7 Å². The Kier molecular flexibility index (Phi) is 5.84. The summed E-state index contributed by atoms with van der Waals surface area (Å²) in [6, 6.07) is 10.6. The third kappa shape index (κ3) is 3.57. The molecular formula is C20H23NO4S. The van der Waals surface area contributed by atoms with Gasteiger partial charge in [-0.1, -0.05) is 13.3 Å². The first-order chi connectivity index (χ1) is 12.6. The van der Waals surface area contributed by atoms with Gasteiger partial charge in [0.05, 0.1) is 18.7 Å². The van der Waals surface area contributed by atoms with Crippen LogP contribution in [-0.2, 0) is 27.3 Å². The number of rotatable bonds is 7. The zero-order valence-corrected chi connectivity index (χ0v) is 15.9. The second kappa shape index (κ2) is 8.10. The number of nitrogens with zero attached hydrogens (tertiary/aromatic N) is 1. The first kappa shape index (κ1) is 18.7. The van der Waals surface area contributed by atoms with Crippen LogP contribution in [0.4, 0.5) is 0 Å². The fourth-order valence-electron chi connectivity index (χ4n) is 3.32. The van der Waals surface area contributed by atoms with Gasteiger partial charge < -0.3 is 13.9 Å². The lowest BCUT2D eigenvalue weighted by molar-refractivity contribution is -0.142. The zero-order chi connectivity index (χ0) is 18.7. The zero-order valence-electron chi connectivity index (χ0n) is 15.1. The van der Waals surface area contributed by atoms with Crippen LogP contribution in [0, 0.1) is 0 Å². The Bertz CT molecular complexity index is 797. The number of benzene rings is 1. The number of unbranched alkanes of at least 4 members (excludes halogenated alkanes) is 1. The van der Waals surface area contributed by atoms with E-state index in [1.807, 2.05) is 10.6 Å². The lowest BCUT2D eigenvalue weighted by atomic mass is 10.1. The summed E-state index contributed by atoms with van der Waals surface area (Å²) in [6.45, 7) is 2.70. The highest BCUT2D eigenvalue weighted by Gasteiger charge is 2.32. The summed E-state index contributed by atoms with van der Waals surface area (Å²) in [5.74, 6) is -0.0115. The Morgan fingerprint density at radius 3 is 2.62 bits per heavy atom. The molecule has 0 N–H and O–H groups in total. The van der Waals surface area contributed by atoms with Crippen LogP contribution in [0.2, 0.25) is 0 Å². The molecule has 2 unspecified atom stereocenters. The van der Waals surface area contributed by atoms with Crippen LogP contribution in [0.1, 0.15) is 53.8 Å². The fourth-order valence-corrected chi connectivity index (χ4v) is 4.55. The predicted molar refractivity (Wildman–Crippen MR) is 99.9 cm³/mol. The molecule has 26 heavy (non-hydrogen) atoms. The van der Waals surface area contributed by atoms with Gasteiger partial charge in [-0.15, -0.1) is 0 Å². The standard InChI is InChI=1S/C20H23NO4S/c1-3-4-13-26(24)15-7-5-14(6-8-15)19(22)18-10-9-17-16(20(23)25-2)11-12-21(17)18/h5-10,16H,3-4,11-13H2,1-2H3. The van der Waals surface area contributed by atoms with Gasteiger partial charge in [-0.2, -0.15) is 0 Å². The highest BCUT2D eigenvalue weighted by atomic mass is 32.2. The highest BCUT2D eigenvalue weighted by Crippen LogP contribution is 2.32. The number of ketones is 1. The van der Waals surface area contributed by atoms with Crippen LogP contribution < -0.4 is 0 Å². The summed E-state index contributed by atoms with van der Waals surface area (Å²) in [5, 5.41) is 0. The van der Waals surface area contributed by atoms with Crippen molar-refractivity contribution in [3.05, 3.63) is 53.3 Å². The van der Waals surface area contributed by atoms with E-state index in [9.17, 15) is 14.1 Å². The van der Waals surface area contributed by atoms with Gasteiger partial charge in [0.1, 0.15) is 5.75 Å². The lowest BCUT2D eigenvalue weighted by Gasteiger charge is -2.10. The van der Waals surface area contributed by atoms with Crippen LogP contribution in [0.5, 0.6) is 0 Å². The van der Waals surface area contributed by atoms with Crippen molar-refractivity contribution >= 4 is 22.9 Å². The molecule has 0 fully saturated rings. The summed E-state index contributed by atoms with van der Waals surface area (Å²) in [5.41, 5.74) is 1.97. The Morgan fingerprint density at radius 1 is 1.23 bits per heavy atom. The van der Waals surface area contributed by atoms with Gasteiger partial charge in [-0.05, 0) is 60.4 Å². The van der Waals surface area contributed by atoms with Crippen LogP contribution in [0.15, 0.2) is 41.3 Å². The third-order valence-electron chi connectivity index (χ3n) is 4.79. The highest BCUT2D eigenvalue weighted by molar-refractivity contribution is 7.91. The van der Waals surface area contributed by atoms with E-state index in [1.165, 1.54) is 7.11 Å². The molecule has 2 atom stereocenters. The first-order valence-corrected chi connectivity index (χ1v) is 10.2. The SMILES string of the molecule is CCCC[S+]([O-])c1ccc(C(=O)c2ccc3n2CCC3C(=O)OC)cc1. The number of aromatic nitrogens is 1. The van der Waals surface area contributed by atoms with Crippen molar-refractivity contribution in [3.63, 3.8) is 0 Å². The molecule has 0 aliphatic carbocycles. The number of hydrogen-bond acceptors (Lipinski definition) is 4. The molecule has 0 amide bonds. The second-order valence-electron chi connectivity index (χ2n) is 6.42. The minimum absolute atomic E-state index is 0.0901. The van der Waals surface area contributed by atoms with Crippen molar-refractivity contribution in [2.24, 2.45) is 0 Å². The van der Waals surface area contributed by atoms with E-state index >= 15 is 0 Å². The van der Waals surface area contributed by atoms with E-state index in [0.717, 1.165) is 23.4 Å². The number of methoxy groups -OCH3 is 1. The second-order valence-corrected chi connectivity index (χ2v) is 7.99. The Labute approximate surface area is 156 Å². The maximum atomic E-state index is 12.9. The molecule has 0 radical (unpaired) electrons. The number of carbonyl (C=O) groups excluding carboxylic acids is 2. The quantitative estimate of drug-likeness (QED) is 0.424. The molecule has 0 saturated heterocycles. The van der Waals surface area contributed by atoms with Gasteiger partial charge in [-0.3, -0.25) is 9.59 Å². The van der Waals surface area contributed by atoms with E-state index in [2.05, 4.69) is 6.92 Å². The number of fused-ring (bicyclic) bond motifs is 1. The van der Waals surface area contributed by atoms with E-state index in [4.69, 9.17) is 4.74 Å². The van der Waals surface area contributed by atoms with Crippen molar-refractivity contribution in [2.75, 3.05) is 12.9 Å². The average molecular weight is 373 g/mol. The van der Waals surface area contributed by atoms with Gasteiger partial charge in [0, 0.05) is 17.8 Å². The van der Waals surface area contributed by atoms with Crippen molar-refractivity contribution < 1.29 is 18.9 Å². The molecule has 0 bridgehead atoms. The van der Waals surface area contributed by atoms with Crippen molar-refractivity contribution in [1.82, 2.24) is 4.57 Å². The van der Waals surface area contributed by atoms with Crippen molar-refractivity contribution in [1.29, 1.82) is 0 Å². The summed E-state index contributed by atoms with van der Waals surface area (Å²) in [4.78, 5) is 25.5. The molecule has 0 saturated carbocycles. The maximum Gasteiger partial charge on any atom is 0.314 e. The number of carbonyl (C=O) groups is 2. The Morgan fingerprint density at radius 2 is 1.96 bits per heavy atom. The van der Waals surface area contributed by atoms with Gasteiger partial charge in [0.2, 0.25) is 5.78 Å². The smallest absolute Gasteiger partial charge is 0.314 e. The van der Waals surface area contributed by atoms with Crippen LogP contribution >= 0.6 is 0 Å². The largest absolute Gasteiger partial charge is 0.611 e. The molecule has 2 heterocycles. The molecule has 3 rings (SSSR count). The molecule has 0 spiro atoms. The monoisotopic (exact) mass is 373 g/mol. The van der Waals surface area contributed by atoms with Gasteiger partial charge in [0.25, 0.3) is 0 Å². The number of esters is 1. The lowest BCUT2D eigenvalue weighted by Crippen LogP contribution is -2.12. The number of ether oxygens (including phenoxy) is 1. The van der Waals surface area contributed by atoms with E-state index in [-0.39, 0.29) is 17.7 Å². The van der Waals surface area contributed by atoms with Crippen LogP contribution in [0.3, 0.4) is 0 Å². The third-order valence-corrected chi connectivity index (χ3v) is 6.25. The van der Waals surface area contributed by atoms with E-state index in [1.54, 1.807) is 30.3 Å². The van der Waals surface area contributed by atoms with E-state index in [0.29, 0.717) is 30.0 Å². The Hall–Kier alpha value is -2.05. The predicted octanol–water partition coefficient (Wildman–Crippen LogP) is 3.29. The normalized spacial score (nSPS) is 17.0. The molecule has 1 aliphatic heterocycles. The minimum Gasteiger partial charge on any atom is -0.611 e. The summed E-state index contributed by atoms with van der Waals surface area (Å²) in [7, 11) is 1.38. The molecular weight excluding hydrogens is 350 g/mol. The molecule has 1 aliphatic rings. The van der Waals surface area contributed by atoms with Gasteiger partial charge in [0.15, 0.2) is 4.90 Å². The number of hydrogen-bond donors (Lipinski definition) is 0. The molecule has 138 valence electrons. The van der Waals surface area contributed by atoms with Crippen LogP contribution in [0.25, 0.3) is 0 Å². The Balaban J connectivity index is 1.78. The molecule has 5 nitrogen and oxygen atoms in total. The molecule has 2 aromatic rings. The van der Waals surface area contributed by atoms with Gasteiger partial charge >= 0.3 is 5.97 Å². The van der Waals surface area contributed by atoms with E-state index < -0.39 is 11.2 Å².